The Labute approximate surface area is 216 Å². The van der Waals surface area contributed by atoms with Crippen LogP contribution >= 0.6 is 0 Å². The molecule has 0 saturated carbocycles. The smallest absolute Gasteiger partial charge is 0.318 e. The van der Waals surface area contributed by atoms with Crippen molar-refractivity contribution in [3.8, 4) is 6.07 Å². The van der Waals surface area contributed by atoms with E-state index in [1.54, 1.807) is 12.4 Å². The number of carbonyl (C=O) groups is 1. The number of nitrogens with one attached hydrogen (secondary N) is 1. The molecule has 0 radical (unpaired) electrons. The van der Waals surface area contributed by atoms with Crippen molar-refractivity contribution in [3.63, 3.8) is 0 Å². The summed E-state index contributed by atoms with van der Waals surface area (Å²) in [5.41, 5.74) is 5.10. The van der Waals surface area contributed by atoms with Crippen LogP contribution in [0.3, 0.4) is 0 Å². The fourth-order valence-corrected chi connectivity index (χ4v) is 5.15. The van der Waals surface area contributed by atoms with Gasteiger partial charge in [0.1, 0.15) is 18.0 Å². The van der Waals surface area contributed by atoms with Crippen LogP contribution in [0.25, 0.3) is 11.6 Å². The molecular weight excluding hydrogens is 467 g/mol. The maximum atomic E-state index is 13.6. The predicted octanol–water partition coefficient (Wildman–Crippen LogP) is 4.96. The topological polar surface area (TPSA) is 85.2 Å². The summed E-state index contributed by atoms with van der Waals surface area (Å²) in [4.78, 5) is 26.4. The molecule has 1 aliphatic heterocycles. The van der Waals surface area contributed by atoms with E-state index in [9.17, 15) is 9.18 Å². The van der Waals surface area contributed by atoms with Crippen molar-refractivity contribution in [2.45, 2.75) is 38.8 Å². The average Bonchev–Trinajstić information content (AvgIpc) is 3.32. The normalized spacial score (nSPS) is 17.0. The molecule has 0 unspecified atom stereocenters. The van der Waals surface area contributed by atoms with Gasteiger partial charge in [-0.1, -0.05) is 24.3 Å². The zero-order valence-corrected chi connectivity index (χ0v) is 21.2. The van der Waals surface area contributed by atoms with Crippen molar-refractivity contribution in [3.05, 3.63) is 88.6 Å². The molecule has 2 aliphatic rings. The molecule has 5 rings (SSSR count). The van der Waals surface area contributed by atoms with Gasteiger partial charge in [0, 0.05) is 31.6 Å². The zero-order chi connectivity index (χ0) is 26.2. The van der Waals surface area contributed by atoms with Crippen molar-refractivity contribution in [1.82, 2.24) is 20.2 Å². The summed E-state index contributed by atoms with van der Waals surface area (Å²) in [6, 6.07) is 15.6. The molecule has 2 aromatic carbocycles. The first-order chi connectivity index (χ1) is 17.7. The summed E-state index contributed by atoms with van der Waals surface area (Å²) in [6.45, 7) is 7.72. The van der Waals surface area contributed by atoms with Crippen LogP contribution in [0.15, 0.2) is 54.9 Å². The Morgan fingerprint density at radius 2 is 1.95 bits per heavy atom. The zero-order valence-electron chi connectivity index (χ0n) is 21.2. The quantitative estimate of drug-likeness (QED) is 0.552. The Bertz CT molecular complexity index is 1410. The second kappa shape index (κ2) is 9.66. The number of carbonyl (C=O) groups excluding carboxylic acids is 1. The van der Waals surface area contributed by atoms with Crippen LogP contribution in [-0.2, 0) is 6.42 Å². The summed E-state index contributed by atoms with van der Waals surface area (Å²) in [7, 11) is 0. The predicted molar refractivity (Wildman–Crippen MR) is 141 cm³/mol. The molecule has 3 aromatic rings. The number of hydrogen-bond acceptors (Lipinski definition) is 5. The molecule has 7 nitrogen and oxygen atoms in total. The number of halogens is 1. The number of fused-ring (bicyclic) bond motifs is 1. The first-order valence-corrected chi connectivity index (χ1v) is 12.4. The Balaban J connectivity index is 1.32. The van der Waals surface area contributed by atoms with Crippen LogP contribution in [0.5, 0.6) is 0 Å². The van der Waals surface area contributed by atoms with Crippen LogP contribution in [-0.4, -0.2) is 46.1 Å². The van der Waals surface area contributed by atoms with Crippen molar-refractivity contribution < 1.29 is 9.18 Å². The molecule has 0 bridgehead atoms. The number of aromatic nitrogens is 2. The van der Waals surface area contributed by atoms with Crippen LogP contribution in [0, 0.1) is 17.1 Å². The fraction of sp³-hybridized carbons (Fsp3) is 0.310. The molecule has 1 aromatic heterocycles. The first-order valence-electron chi connectivity index (χ1n) is 12.4. The molecule has 0 spiro atoms. The second-order valence-corrected chi connectivity index (χ2v) is 10.2. The van der Waals surface area contributed by atoms with Gasteiger partial charge in [-0.2, -0.15) is 5.26 Å². The van der Waals surface area contributed by atoms with E-state index >= 15 is 0 Å². The average molecular weight is 497 g/mol. The number of hydrogen-bond donors (Lipinski definition) is 1. The molecule has 1 saturated heterocycles. The maximum absolute atomic E-state index is 13.6. The Morgan fingerprint density at radius 3 is 2.65 bits per heavy atom. The number of amides is 2. The fourth-order valence-electron chi connectivity index (χ4n) is 5.15. The summed E-state index contributed by atoms with van der Waals surface area (Å²) in [5.74, 6) is 0.552. The van der Waals surface area contributed by atoms with Crippen molar-refractivity contribution in [2.24, 2.45) is 0 Å². The van der Waals surface area contributed by atoms with E-state index in [2.05, 4.69) is 32.3 Å². The van der Waals surface area contributed by atoms with Crippen LogP contribution in [0.2, 0.25) is 0 Å². The number of allylic oxidation sites excluding steroid dienone is 1. The van der Waals surface area contributed by atoms with Crippen molar-refractivity contribution >= 4 is 23.5 Å². The van der Waals surface area contributed by atoms with E-state index in [1.807, 2.05) is 56.0 Å². The van der Waals surface area contributed by atoms with Gasteiger partial charge in [-0.05, 0) is 67.8 Å². The molecule has 1 fully saturated rings. The Morgan fingerprint density at radius 1 is 1.16 bits per heavy atom. The SMILES string of the molecule is C[C@H](NC(=O)N1CCN(c2ncnc3c2C=C(c2ccc(C#N)cc2)C3)CC1(C)C)c1cccc(F)c1. The van der Waals surface area contributed by atoms with E-state index in [4.69, 9.17) is 5.26 Å². The molecule has 1 atom stereocenters. The van der Waals surface area contributed by atoms with Gasteiger partial charge in [-0.25, -0.2) is 19.2 Å². The third kappa shape index (κ3) is 4.90. The molecule has 2 amide bonds. The highest BCUT2D eigenvalue weighted by atomic mass is 19.1. The number of benzene rings is 2. The number of rotatable bonds is 4. The van der Waals surface area contributed by atoms with Crippen LogP contribution in [0.1, 0.15) is 54.8 Å². The van der Waals surface area contributed by atoms with E-state index in [-0.39, 0.29) is 17.9 Å². The molecule has 1 N–H and O–H groups in total. The van der Waals surface area contributed by atoms with Gasteiger partial charge in [0.2, 0.25) is 0 Å². The lowest BCUT2D eigenvalue weighted by Crippen LogP contribution is -2.63. The van der Waals surface area contributed by atoms with Gasteiger partial charge >= 0.3 is 6.03 Å². The number of urea groups is 1. The highest BCUT2D eigenvalue weighted by Gasteiger charge is 2.38. The highest BCUT2D eigenvalue weighted by Crippen LogP contribution is 2.36. The minimum atomic E-state index is -0.458. The lowest BCUT2D eigenvalue weighted by Gasteiger charge is -2.47. The largest absolute Gasteiger partial charge is 0.352 e. The van der Waals surface area contributed by atoms with Gasteiger partial charge in [-0.15, -0.1) is 0 Å². The molecule has 1 aliphatic carbocycles. The lowest BCUT2D eigenvalue weighted by atomic mass is 9.98. The number of nitrogens with zero attached hydrogens (tertiary/aromatic N) is 5. The maximum Gasteiger partial charge on any atom is 0.318 e. The molecule has 188 valence electrons. The number of piperazine rings is 1. The molecule has 37 heavy (non-hydrogen) atoms. The third-order valence-corrected chi connectivity index (χ3v) is 7.14. The molecule has 2 heterocycles. The molecule has 8 heteroatoms. The van der Waals surface area contributed by atoms with E-state index in [1.165, 1.54) is 12.1 Å². The molecular formula is C29H29FN6O. The summed E-state index contributed by atoms with van der Waals surface area (Å²) < 4.78 is 13.6. The van der Waals surface area contributed by atoms with Crippen LogP contribution in [0.4, 0.5) is 15.0 Å². The monoisotopic (exact) mass is 496 g/mol. The Hall–Kier alpha value is -4.25. The van der Waals surface area contributed by atoms with Gasteiger partial charge in [0.05, 0.1) is 28.9 Å². The van der Waals surface area contributed by atoms with Gasteiger partial charge in [-0.3, -0.25) is 0 Å². The van der Waals surface area contributed by atoms with E-state index in [0.717, 1.165) is 33.8 Å². The van der Waals surface area contributed by atoms with Gasteiger partial charge in [0.15, 0.2) is 0 Å². The van der Waals surface area contributed by atoms with E-state index < -0.39 is 5.54 Å². The summed E-state index contributed by atoms with van der Waals surface area (Å²) in [6.07, 6.45) is 4.45. The summed E-state index contributed by atoms with van der Waals surface area (Å²) in [5, 5.41) is 12.1. The third-order valence-electron chi connectivity index (χ3n) is 7.14. The summed E-state index contributed by atoms with van der Waals surface area (Å²) >= 11 is 0. The van der Waals surface area contributed by atoms with Crippen molar-refractivity contribution in [1.29, 1.82) is 5.26 Å². The minimum Gasteiger partial charge on any atom is -0.352 e. The second-order valence-electron chi connectivity index (χ2n) is 10.2. The minimum absolute atomic E-state index is 0.169. The number of anilines is 1. The Kier molecular flexibility index (Phi) is 6.38. The van der Waals surface area contributed by atoms with Gasteiger partial charge < -0.3 is 15.1 Å². The van der Waals surface area contributed by atoms with Gasteiger partial charge in [0.25, 0.3) is 0 Å². The number of nitriles is 1. The van der Waals surface area contributed by atoms with Crippen molar-refractivity contribution in [2.75, 3.05) is 24.5 Å². The first kappa shape index (κ1) is 24.4. The van der Waals surface area contributed by atoms with Crippen LogP contribution < -0.4 is 10.2 Å². The van der Waals surface area contributed by atoms with E-state index in [0.29, 0.717) is 31.6 Å². The lowest BCUT2D eigenvalue weighted by molar-refractivity contribution is 0.121. The standard InChI is InChI=1S/C29H29FN6O/c1-19(22-5-4-6-24(30)13-22)34-28(37)36-12-11-35(17-29(36,2)3)27-25-14-23(15-26(25)32-18-33-27)21-9-7-20(16-31)8-10-21/h4-10,13-14,18-19H,11-12,15,17H2,1-3H3,(H,34,37)/t19-/m0/s1. The highest BCUT2D eigenvalue weighted by molar-refractivity contribution is 5.91.